The molecule has 0 saturated heterocycles. The van der Waals surface area contributed by atoms with Crippen molar-refractivity contribution in [3.05, 3.63) is 59.2 Å². The Hall–Kier alpha value is -1.54. The van der Waals surface area contributed by atoms with Crippen molar-refractivity contribution >= 4 is 13.3 Å². The monoisotopic (exact) mass is 340 g/mol. The number of ether oxygens (including phenoxy) is 1. The molecular formula is C22H32OSi. The van der Waals surface area contributed by atoms with Gasteiger partial charge in [-0.15, -0.1) is 0 Å². The van der Waals surface area contributed by atoms with E-state index in [0.29, 0.717) is 6.61 Å². The van der Waals surface area contributed by atoms with Gasteiger partial charge in [0.2, 0.25) is 0 Å². The third-order valence-corrected chi connectivity index (χ3v) is 6.82. The quantitative estimate of drug-likeness (QED) is 0.479. The molecule has 1 nitrogen and oxygen atoms in total. The summed E-state index contributed by atoms with van der Waals surface area (Å²) in [6, 6.07) is 4.64. The van der Waals surface area contributed by atoms with E-state index in [0.717, 1.165) is 12.2 Å². The molecular weight excluding hydrogens is 308 g/mol. The molecule has 0 atom stereocenters. The molecule has 0 amide bonds. The number of allylic oxidation sites excluding steroid dienone is 4. The van der Waals surface area contributed by atoms with E-state index in [9.17, 15) is 0 Å². The largest absolute Gasteiger partial charge is 0.489 e. The molecule has 0 spiro atoms. The molecule has 2 rings (SSSR count). The zero-order chi connectivity index (χ0) is 18.1. The second-order valence-electron chi connectivity index (χ2n) is 8.52. The fourth-order valence-corrected chi connectivity index (χ4v) is 4.89. The van der Waals surface area contributed by atoms with Crippen LogP contribution in [0.1, 0.15) is 38.3 Å². The van der Waals surface area contributed by atoms with Gasteiger partial charge in [-0.3, -0.25) is 0 Å². The lowest BCUT2D eigenvalue weighted by atomic mass is 9.77. The van der Waals surface area contributed by atoms with Crippen LogP contribution in [0, 0.1) is 6.92 Å². The van der Waals surface area contributed by atoms with E-state index in [1.165, 1.54) is 27.5 Å². The lowest BCUT2D eigenvalue weighted by Gasteiger charge is -2.32. The van der Waals surface area contributed by atoms with Crippen LogP contribution in [0.25, 0.3) is 0 Å². The Bertz CT molecular complexity index is 699. The molecule has 1 aromatic rings. The van der Waals surface area contributed by atoms with Gasteiger partial charge in [0.05, 0.1) is 8.07 Å². The summed E-state index contributed by atoms with van der Waals surface area (Å²) in [4.78, 5) is 0. The highest BCUT2D eigenvalue weighted by molar-refractivity contribution is 6.89. The zero-order valence-corrected chi connectivity index (χ0v) is 17.4. The first-order chi connectivity index (χ1) is 11.1. The van der Waals surface area contributed by atoms with Gasteiger partial charge in [0.15, 0.2) is 0 Å². The molecule has 130 valence electrons. The molecule has 0 saturated carbocycles. The molecule has 1 aliphatic rings. The third-order valence-electron chi connectivity index (χ3n) is 4.83. The average molecular weight is 341 g/mol. The lowest BCUT2D eigenvalue weighted by Crippen LogP contribution is -2.40. The Morgan fingerprint density at radius 3 is 2.38 bits per heavy atom. The van der Waals surface area contributed by atoms with Crippen LogP contribution < -0.4 is 9.92 Å². The highest BCUT2D eigenvalue weighted by Crippen LogP contribution is 2.41. The van der Waals surface area contributed by atoms with Crippen LogP contribution in [0.15, 0.2) is 48.1 Å². The van der Waals surface area contributed by atoms with Crippen LogP contribution in [0.5, 0.6) is 5.75 Å². The minimum Gasteiger partial charge on any atom is -0.489 e. The predicted octanol–water partition coefficient (Wildman–Crippen LogP) is 5.66. The maximum Gasteiger partial charge on any atom is 0.123 e. The molecule has 1 aromatic carbocycles. The van der Waals surface area contributed by atoms with Crippen molar-refractivity contribution in [2.45, 2.75) is 59.2 Å². The second-order valence-corrected chi connectivity index (χ2v) is 13.6. The van der Waals surface area contributed by atoms with Crippen molar-refractivity contribution in [1.29, 1.82) is 0 Å². The van der Waals surface area contributed by atoms with Crippen LogP contribution in [0.3, 0.4) is 0 Å². The van der Waals surface area contributed by atoms with Gasteiger partial charge in [0.25, 0.3) is 0 Å². The number of aryl methyl sites for hydroxylation is 1. The van der Waals surface area contributed by atoms with Crippen LogP contribution in [0.2, 0.25) is 19.6 Å². The summed E-state index contributed by atoms with van der Waals surface area (Å²) in [6.07, 6.45) is 7.61. The van der Waals surface area contributed by atoms with Crippen molar-refractivity contribution in [2.24, 2.45) is 0 Å². The number of hydrogen-bond donors (Lipinski definition) is 0. The summed E-state index contributed by atoms with van der Waals surface area (Å²) < 4.78 is 6.24. The Morgan fingerprint density at radius 1 is 1.21 bits per heavy atom. The van der Waals surface area contributed by atoms with Gasteiger partial charge in [-0.2, -0.15) is 0 Å². The highest BCUT2D eigenvalue weighted by atomic mass is 28.3. The van der Waals surface area contributed by atoms with E-state index in [-0.39, 0.29) is 5.41 Å². The Kier molecular flexibility index (Phi) is 5.29. The minimum atomic E-state index is -1.52. The van der Waals surface area contributed by atoms with Crippen LogP contribution in [-0.2, 0) is 5.41 Å². The van der Waals surface area contributed by atoms with Crippen LogP contribution in [0.4, 0.5) is 0 Å². The fourth-order valence-electron chi connectivity index (χ4n) is 3.34. The Labute approximate surface area is 149 Å². The van der Waals surface area contributed by atoms with Gasteiger partial charge in [-0.25, -0.2) is 0 Å². The maximum absolute atomic E-state index is 6.24. The molecule has 0 fully saturated rings. The van der Waals surface area contributed by atoms with Gasteiger partial charge in [0.1, 0.15) is 12.4 Å². The van der Waals surface area contributed by atoms with Gasteiger partial charge in [-0.1, -0.05) is 81.6 Å². The lowest BCUT2D eigenvalue weighted by molar-refractivity contribution is 0.356. The summed E-state index contributed by atoms with van der Waals surface area (Å²) in [5, 5.41) is 1.41. The minimum absolute atomic E-state index is 0.0608. The summed E-state index contributed by atoms with van der Waals surface area (Å²) in [5.41, 5.74) is 5.40. The first-order valence-corrected chi connectivity index (χ1v) is 12.3. The second kappa shape index (κ2) is 6.76. The zero-order valence-electron chi connectivity index (χ0n) is 16.4. The van der Waals surface area contributed by atoms with Crippen molar-refractivity contribution in [1.82, 2.24) is 0 Å². The SMILES string of the molecule is C=CCOc1c(C(C)(C)C2=CCC(C)=C2)cc(C)cc1[Si](C)(C)C. The number of hydrogen-bond acceptors (Lipinski definition) is 1. The van der Waals surface area contributed by atoms with Gasteiger partial charge in [0, 0.05) is 11.0 Å². The van der Waals surface area contributed by atoms with Crippen molar-refractivity contribution in [3.63, 3.8) is 0 Å². The molecule has 0 radical (unpaired) electrons. The molecule has 0 unspecified atom stereocenters. The van der Waals surface area contributed by atoms with Crippen molar-refractivity contribution in [2.75, 3.05) is 6.61 Å². The summed E-state index contributed by atoms with van der Waals surface area (Å²) in [5.74, 6) is 1.09. The van der Waals surface area contributed by atoms with Crippen LogP contribution >= 0.6 is 0 Å². The molecule has 0 aliphatic heterocycles. The first-order valence-electron chi connectivity index (χ1n) is 8.84. The van der Waals surface area contributed by atoms with E-state index < -0.39 is 8.07 Å². The van der Waals surface area contributed by atoms with E-state index in [1.54, 1.807) is 0 Å². The van der Waals surface area contributed by atoms with Crippen molar-refractivity contribution < 1.29 is 4.74 Å². The molecule has 0 bridgehead atoms. The van der Waals surface area contributed by atoms with Crippen molar-refractivity contribution in [3.8, 4) is 5.75 Å². The fraction of sp³-hybridized carbons (Fsp3) is 0.455. The summed E-state index contributed by atoms with van der Waals surface area (Å²) in [6.45, 7) is 20.6. The topological polar surface area (TPSA) is 9.23 Å². The molecule has 24 heavy (non-hydrogen) atoms. The molecule has 0 heterocycles. The number of benzene rings is 1. The smallest absolute Gasteiger partial charge is 0.123 e. The summed E-state index contributed by atoms with van der Waals surface area (Å²) in [7, 11) is -1.52. The molecule has 0 N–H and O–H groups in total. The van der Waals surface area contributed by atoms with Gasteiger partial charge in [-0.05, 0) is 31.0 Å². The molecule has 0 aromatic heterocycles. The number of rotatable bonds is 6. The van der Waals surface area contributed by atoms with Gasteiger partial charge >= 0.3 is 0 Å². The van der Waals surface area contributed by atoms with E-state index in [2.05, 4.69) is 78.2 Å². The third kappa shape index (κ3) is 3.75. The standard InChI is InChI=1S/C22H32OSi/c1-9-12-23-21-19(14-17(3)15-20(21)24(6,7)8)22(4,5)18-11-10-16(2)13-18/h9,11,13-15H,1,10,12H2,2-8H3. The predicted molar refractivity (Wildman–Crippen MR) is 109 cm³/mol. The van der Waals surface area contributed by atoms with E-state index in [1.807, 2.05) is 6.08 Å². The first kappa shape index (κ1) is 18.8. The summed E-state index contributed by atoms with van der Waals surface area (Å²) >= 11 is 0. The van der Waals surface area contributed by atoms with E-state index >= 15 is 0 Å². The maximum atomic E-state index is 6.24. The van der Waals surface area contributed by atoms with Crippen LogP contribution in [-0.4, -0.2) is 14.7 Å². The average Bonchev–Trinajstić information content (AvgIpc) is 2.91. The normalized spacial score (nSPS) is 15.1. The molecule has 2 heteroatoms. The Morgan fingerprint density at radius 2 is 1.88 bits per heavy atom. The Balaban J connectivity index is 2.67. The van der Waals surface area contributed by atoms with E-state index in [4.69, 9.17) is 4.74 Å². The molecule has 1 aliphatic carbocycles. The van der Waals surface area contributed by atoms with Gasteiger partial charge < -0.3 is 4.74 Å². The highest BCUT2D eigenvalue weighted by Gasteiger charge is 2.33.